The molecule has 0 radical (unpaired) electrons. The number of rotatable bonds is 7. The summed E-state index contributed by atoms with van der Waals surface area (Å²) in [6, 6.07) is 6.91. The molecule has 0 atom stereocenters. The third-order valence-corrected chi connectivity index (χ3v) is 4.40. The molecule has 0 spiro atoms. The predicted molar refractivity (Wildman–Crippen MR) is 87.8 cm³/mol. The number of aliphatic imine (C=N–C) groups is 1. The van der Waals surface area contributed by atoms with Crippen molar-refractivity contribution in [3.8, 4) is 0 Å². The summed E-state index contributed by atoms with van der Waals surface area (Å²) in [7, 11) is 3.48. The normalized spacial score (nSPS) is 17.0. The van der Waals surface area contributed by atoms with E-state index in [0.29, 0.717) is 0 Å². The molecule has 0 unspecified atom stereocenters. The summed E-state index contributed by atoms with van der Waals surface area (Å²) in [5, 5.41) is 6.69. The molecule has 4 nitrogen and oxygen atoms in total. The van der Waals surface area contributed by atoms with Gasteiger partial charge in [-0.25, -0.2) is 4.39 Å². The number of methoxy groups -OCH3 is 1. The van der Waals surface area contributed by atoms with Gasteiger partial charge in [0.25, 0.3) is 0 Å². The number of ether oxygens (including phenoxy) is 1. The van der Waals surface area contributed by atoms with Gasteiger partial charge < -0.3 is 15.4 Å². The van der Waals surface area contributed by atoms with Crippen LogP contribution in [-0.2, 0) is 10.2 Å². The Kier molecular flexibility index (Phi) is 6.19. The first-order valence-corrected chi connectivity index (χ1v) is 7.90. The molecule has 5 heteroatoms. The van der Waals surface area contributed by atoms with Crippen LogP contribution in [0.5, 0.6) is 0 Å². The molecule has 22 heavy (non-hydrogen) atoms. The summed E-state index contributed by atoms with van der Waals surface area (Å²) in [6.45, 7) is 2.39. The molecule has 1 aromatic rings. The van der Waals surface area contributed by atoms with Crippen molar-refractivity contribution in [2.45, 2.75) is 31.1 Å². The molecule has 0 amide bonds. The highest BCUT2D eigenvalue weighted by Crippen LogP contribution is 2.43. The lowest BCUT2D eigenvalue weighted by Gasteiger charge is -2.43. The Labute approximate surface area is 132 Å². The van der Waals surface area contributed by atoms with E-state index in [1.165, 1.54) is 12.0 Å². The number of nitrogens with zero attached hydrogens (tertiary/aromatic N) is 1. The largest absolute Gasteiger partial charge is 0.385 e. The highest BCUT2D eigenvalue weighted by Gasteiger charge is 2.38. The van der Waals surface area contributed by atoms with Gasteiger partial charge in [-0.05, 0) is 37.0 Å². The molecule has 0 bridgehead atoms. The molecule has 1 aromatic carbocycles. The van der Waals surface area contributed by atoms with Gasteiger partial charge in [0.05, 0.1) is 0 Å². The summed E-state index contributed by atoms with van der Waals surface area (Å²) in [5.74, 6) is 0.631. The van der Waals surface area contributed by atoms with Crippen molar-refractivity contribution in [3.05, 3.63) is 35.6 Å². The van der Waals surface area contributed by atoms with Gasteiger partial charge in [-0.3, -0.25) is 4.99 Å². The SMILES string of the molecule is CN=C(NCCCOC)NCC1(c2ccc(F)cc2)CCC1. The van der Waals surface area contributed by atoms with E-state index in [9.17, 15) is 4.39 Å². The van der Waals surface area contributed by atoms with Gasteiger partial charge in [0.1, 0.15) is 5.82 Å². The Morgan fingerprint density at radius 3 is 2.55 bits per heavy atom. The van der Waals surface area contributed by atoms with Gasteiger partial charge in [0, 0.05) is 39.3 Å². The Bertz CT molecular complexity index is 483. The van der Waals surface area contributed by atoms with E-state index in [-0.39, 0.29) is 11.2 Å². The molecule has 1 aliphatic carbocycles. The summed E-state index contributed by atoms with van der Waals surface area (Å²) in [6.07, 6.45) is 4.43. The van der Waals surface area contributed by atoms with E-state index in [0.717, 1.165) is 44.9 Å². The average molecular weight is 307 g/mol. The van der Waals surface area contributed by atoms with E-state index < -0.39 is 0 Å². The monoisotopic (exact) mass is 307 g/mol. The van der Waals surface area contributed by atoms with Crippen molar-refractivity contribution >= 4 is 5.96 Å². The van der Waals surface area contributed by atoms with Gasteiger partial charge >= 0.3 is 0 Å². The van der Waals surface area contributed by atoms with Gasteiger partial charge in [0.2, 0.25) is 0 Å². The Morgan fingerprint density at radius 1 is 1.27 bits per heavy atom. The van der Waals surface area contributed by atoms with Crippen LogP contribution in [-0.4, -0.2) is 39.8 Å². The molecule has 122 valence electrons. The minimum Gasteiger partial charge on any atom is -0.385 e. The molecular weight excluding hydrogens is 281 g/mol. The topological polar surface area (TPSA) is 45.7 Å². The van der Waals surface area contributed by atoms with Crippen LogP contribution in [0.25, 0.3) is 0 Å². The molecule has 0 aliphatic heterocycles. The lowest BCUT2D eigenvalue weighted by Crippen LogP contribution is -2.49. The number of benzene rings is 1. The second kappa shape index (κ2) is 8.13. The first kappa shape index (κ1) is 16.7. The fourth-order valence-electron chi connectivity index (χ4n) is 2.87. The summed E-state index contributed by atoms with van der Waals surface area (Å²) >= 11 is 0. The minimum atomic E-state index is -0.179. The van der Waals surface area contributed by atoms with Crippen LogP contribution in [0.15, 0.2) is 29.3 Å². The van der Waals surface area contributed by atoms with Crippen LogP contribution >= 0.6 is 0 Å². The zero-order valence-electron chi connectivity index (χ0n) is 13.5. The summed E-state index contributed by atoms with van der Waals surface area (Å²) in [5.41, 5.74) is 1.32. The quantitative estimate of drug-likeness (QED) is 0.462. The van der Waals surface area contributed by atoms with Crippen LogP contribution < -0.4 is 10.6 Å². The third-order valence-electron chi connectivity index (χ3n) is 4.40. The van der Waals surface area contributed by atoms with Crippen molar-refractivity contribution < 1.29 is 9.13 Å². The van der Waals surface area contributed by atoms with Crippen molar-refractivity contribution in [1.82, 2.24) is 10.6 Å². The standard InChI is InChI=1S/C17H26FN3O/c1-19-16(20-11-4-12-22-2)21-13-17(9-3-10-17)14-5-7-15(18)8-6-14/h5-8H,3-4,9-13H2,1-2H3,(H2,19,20,21). The minimum absolute atomic E-state index is 0.109. The molecular formula is C17H26FN3O. The molecule has 0 saturated heterocycles. The Balaban J connectivity index is 1.88. The molecule has 0 heterocycles. The molecule has 2 N–H and O–H groups in total. The first-order chi connectivity index (χ1) is 10.7. The predicted octanol–water partition coefficient (Wildman–Crippen LogP) is 2.45. The molecule has 2 rings (SSSR count). The highest BCUT2D eigenvalue weighted by molar-refractivity contribution is 5.79. The van der Waals surface area contributed by atoms with E-state index in [4.69, 9.17) is 4.74 Å². The zero-order valence-corrected chi connectivity index (χ0v) is 13.5. The fraction of sp³-hybridized carbons (Fsp3) is 0.588. The van der Waals surface area contributed by atoms with Crippen molar-refractivity contribution in [2.75, 3.05) is 33.9 Å². The molecule has 1 fully saturated rings. The van der Waals surface area contributed by atoms with Gasteiger partial charge in [-0.15, -0.1) is 0 Å². The fourth-order valence-corrected chi connectivity index (χ4v) is 2.87. The summed E-state index contributed by atoms with van der Waals surface area (Å²) in [4.78, 5) is 4.25. The second-order valence-electron chi connectivity index (χ2n) is 5.84. The Hall–Kier alpha value is -1.62. The zero-order chi connectivity index (χ0) is 15.8. The van der Waals surface area contributed by atoms with E-state index in [2.05, 4.69) is 15.6 Å². The number of guanidine groups is 1. The van der Waals surface area contributed by atoms with Crippen LogP contribution in [0.4, 0.5) is 4.39 Å². The van der Waals surface area contributed by atoms with Crippen LogP contribution in [0.3, 0.4) is 0 Å². The lowest BCUT2D eigenvalue weighted by molar-refractivity contribution is 0.195. The molecule has 1 aliphatic rings. The first-order valence-electron chi connectivity index (χ1n) is 7.90. The van der Waals surface area contributed by atoms with Crippen molar-refractivity contribution in [2.24, 2.45) is 4.99 Å². The van der Waals surface area contributed by atoms with E-state index in [1.807, 2.05) is 12.1 Å². The molecule has 1 saturated carbocycles. The van der Waals surface area contributed by atoms with E-state index >= 15 is 0 Å². The average Bonchev–Trinajstić information content (AvgIpc) is 2.49. The van der Waals surface area contributed by atoms with Gasteiger partial charge in [-0.2, -0.15) is 0 Å². The van der Waals surface area contributed by atoms with E-state index in [1.54, 1.807) is 26.3 Å². The van der Waals surface area contributed by atoms with Crippen LogP contribution in [0, 0.1) is 5.82 Å². The lowest BCUT2D eigenvalue weighted by atomic mass is 9.64. The van der Waals surface area contributed by atoms with Crippen LogP contribution in [0.2, 0.25) is 0 Å². The highest BCUT2D eigenvalue weighted by atomic mass is 19.1. The number of hydrogen-bond acceptors (Lipinski definition) is 2. The van der Waals surface area contributed by atoms with Crippen molar-refractivity contribution in [3.63, 3.8) is 0 Å². The Morgan fingerprint density at radius 2 is 2.00 bits per heavy atom. The number of nitrogens with one attached hydrogen (secondary N) is 2. The maximum atomic E-state index is 13.1. The second-order valence-corrected chi connectivity index (χ2v) is 5.84. The maximum Gasteiger partial charge on any atom is 0.191 e. The number of hydrogen-bond donors (Lipinski definition) is 2. The van der Waals surface area contributed by atoms with Gasteiger partial charge in [0.15, 0.2) is 5.96 Å². The third kappa shape index (κ3) is 4.19. The maximum absolute atomic E-state index is 13.1. The van der Waals surface area contributed by atoms with Gasteiger partial charge in [-0.1, -0.05) is 18.6 Å². The smallest absolute Gasteiger partial charge is 0.191 e. The molecule has 0 aromatic heterocycles. The van der Waals surface area contributed by atoms with Crippen molar-refractivity contribution in [1.29, 1.82) is 0 Å². The van der Waals surface area contributed by atoms with Crippen LogP contribution in [0.1, 0.15) is 31.2 Å². The summed E-state index contributed by atoms with van der Waals surface area (Å²) < 4.78 is 18.1. The number of halogens is 1.